The largest absolute Gasteiger partial charge is 0.506 e. The molecule has 0 atom stereocenters. The summed E-state index contributed by atoms with van der Waals surface area (Å²) in [5.74, 6) is -4.28. The van der Waals surface area contributed by atoms with Crippen LogP contribution >= 0.6 is 0 Å². The summed E-state index contributed by atoms with van der Waals surface area (Å²) in [6, 6.07) is 4.24. The Morgan fingerprint density at radius 2 is 1.70 bits per heavy atom. The molecule has 0 fully saturated rings. The number of carboxylic acids is 2. The maximum atomic E-state index is 12.9. The summed E-state index contributed by atoms with van der Waals surface area (Å²) in [7, 11) is 0. The number of nitrogens with zero attached hydrogens (tertiary/aromatic N) is 2. The number of pyridine rings is 1. The fourth-order valence-electron chi connectivity index (χ4n) is 3.08. The lowest BCUT2D eigenvalue weighted by atomic mass is 9.99. The second kappa shape index (κ2) is 8.48. The van der Waals surface area contributed by atoms with E-state index in [4.69, 9.17) is 0 Å². The molecule has 0 aliphatic carbocycles. The van der Waals surface area contributed by atoms with E-state index in [1.54, 1.807) is 26.0 Å². The topological polar surface area (TPSA) is 128 Å². The van der Waals surface area contributed by atoms with Gasteiger partial charge in [0, 0.05) is 24.0 Å². The molecule has 0 saturated carbocycles. The lowest BCUT2D eigenvalue weighted by Gasteiger charge is -2.30. The number of fused-ring (bicyclic) bond motifs is 1. The second-order valence-electron chi connectivity index (χ2n) is 6.20. The maximum Gasteiger partial charge on any atom is 0.338 e. The molecule has 0 unspecified atom stereocenters. The zero-order valence-electron chi connectivity index (χ0n) is 15.1. The lowest BCUT2D eigenvalue weighted by molar-refractivity contribution is -0.163. The van der Waals surface area contributed by atoms with Gasteiger partial charge in [-0.2, -0.15) is 0 Å². The van der Waals surface area contributed by atoms with E-state index in [1.165, 1.54) is 18.3 Å². The molecule has 2 aromatic rings. The molecular formula is C19H22N2O6. The van der Waals surface area contributed by atoms with E-state index in [1.807, 2.05) is 0 Å². The minimum Gasteiger partial charge on any atom is -0.506 e. The third-order valence-electron chi connectivity index (χ3n) is 4.58. The van der Waals surface area contributed by atoms with Crippen LogP contribution < -0.4 is 0 Å². The summed E-state index contributed by atoms with van der Waals surface area (Å²) in [6.45, 7) is 3.36. The van der Waals surface area contributed by atoms with E-state index in [0.717, 1.165) is 4.90 Å². The van der Waals surface area contributed by atoms with Crippen molar-refractivity contribution in [3.8, 4) is 5.75 Å². The van der Waals surface area contributed by atoms with Crippen LogP contribution in [0.4, 0.5) is 0 Å². The molecule has 0 bridgehead atoms. The summed E-state index contributed by atoms with van der Waals surface area (Å²) >= 11 is 0. The van der Waals surface area contributed by atoms with Crippen LogP contribution in [-0.4, -0.2) is 49.1 Å². The van der Waals surface area contributed by atoms with Gasteiger partial charge < -0.3 is 20.2 Å². The second-order valence-corrected chi connectivity index (χ2v) is 6.20. The van der Waals surface area contributed by atoms with E-state index in [2.05, 4.69) is 4.98 Å². The standard InChI is InChI=1S/C19H22N2O6/c1-3-11(4-2)17(23)21(16(18(24)25)19(26)27)10-12-7-8-14(22)15-13(12)6-5-9-20-15/h5-9,11,16,22H,3-4,10H2,1-2H3,(H,24,25)(H,26,27). The molecule has 27 heavy (non-hydrogen) atoms. The van der Waals surface area contributed by atoms with E-state index in [0.29, 0.717) is 29.3 Å². The highest BCUT2D eigenvalue weighted by atomic mass is 16.4. The van der Waals surface area contributed by atoms with Gasteiger partial charge in [-0.15, -0.1) is 0 Å². The van der Waals surface area contributed by atoms with Crippen molar-refractivity contribution in [2.24, 2.45) is 5.92 Å². The zero-order chi connectivity index (χ0) is 20.1. The van der Waals surface area contributed by atoms with Crippen molar-refractivity contribution >= 4 is 28.7 Å². The van der Waals surface area contributed by atoms with Gasteiger partial charge in [-0.05, 0) is 30.5 Å². The van der Waals surface area contributed by atoms with Gasteiger partial charge in [0.2, 0.25) is 11.9 Å². The highest BCUT2D eigenvalue weighted by Gasteiger charge is 2.38. The van der Waals surface area contributed by atoms with Crippen LogP contribution in [-0.2, 0) is 20.9 Å². The predicted molar refractivity (Wildman–Crippen MR) is 97.1 cm³/mol. The number of benzene rings is 1. The minimum atomic E-state index is -2.00. The molecule has 0 saturated heterocycles. The monoisotopic (exact) mass is 374 g/mol. The van der Waals surface area contributed by atoms with Crippen LogP contribution in [0, 0.1) is 5.92 Å². The first kappa shape index (κ1) is 20.2. The Morgan fingerprint density at radius 3 is 2.26 bits per heavy atom. The Balaban J connectivity index is 2.55. The van der Waals surface area contributed by atoms with Crippen molar-refractivity contribution in [2.75, 3.05) is 0 Å². The average Bonchev–Trinajstić information content (AvgIpc) is 2.63. The molecule has 1 aromatic heterocycles. The molecule has 1 amide bonds. The van der Waals surface area contributed by atoms with Crippen molar-refractivity contribution in [1.82, 2.24) is 9.88 Å². The number of hydrogen-bond donors (Lipinski definition) is 3. The van der Waals surface area contributed by atoms with Gasteiger partial charge in [0.15, 0.2) is 0 Å². The van der Waals surface area contributed by atoms with Gasteiger partial charge in [0.05, 0.1) is 0 Å². The molecular weight excluding hydrogens is 352 g/mol. The summed E-state index contributed by atoms with van der Waals surface area (Å²) in [5, 5.41) is 29.3. The van der Waals surface area contributed by atoms with Gasteiger partial charge in [-0.3, -0.25) is 9.78 Å². The number of carbonyl (C=O) groups is 3. The molecule has 8 nitrogen and oxygen atoms in total. The van der Waals surface area contributed by atoms with E-state index < -0.39 is 29.8 Å². The van der Waals surface area contributed by atoms with Gasteiger partial charge in [-0.1, -0.05) is 26.0 Å². The fourth-order valence-corrected chi connectivity index (χ4v) is 3.08. The quantitative estimate of drug-likeness (QED) is 0.605. The Kier molecular flexibility index (Phi) is 6.33. The zero-order valence-corrected chi connectivity index (χ0v) is 15.1. The minimum absolute atomic E-state index is 0.0553. The molecule has 0 aliphatic heterocycles. The number of aromatic nitrogens is 1. The fraction of sp³-hybridized carbons (Fsp3) is 0.368. The van der Waals surface area contributed by atoms with Crippen molar-refractivity contribution in [3.05, 3.63) is 36.0 Å². The maximum absolute atomic E-state index is 12.9. The first-order chi connectivity index (χ1) is 12.8. The van der Waals surface area contributed by atoms with Gasteiger partial charge in [-0.25, -0.2) is 9.59 Å². The number of aromatic hydroxyl groups is 1. The molecule has 2 rings (SSSR count). The number of aliphatic carboxylic acids is 2. The highest BCUT2D eigenvalue weighted by molar-refractivity contribution is 6.01. The van der Waals surface area contributed by atoms with Crippen molar-refractivity contribution < 1.29 is 29.7 Å². The van der Waals surface area contributed by atoms with Gasteiger partial charge in [0.1, 0.15) is 11.3 Å². The predicted octanol–water partition coefficient (Wildman–Crippen LogP) is 2.24. The molecule has 0 radical (unpaired) electrons. The number of hydrogen-bond acceptors (Lipinski definition) is 5. The van der Waals surface area contributed by atoms with Crippen molar-refractivity contribution in [1.29, 1.82) is 0 Å². The van der Waals surface area contributed by atoms with Crippen molar-refractivity contribution in [3.63, 3.8) is 0 Å². The highest BCUT2D eigenvalue weighted by Crippen LogP contribution is 2.27. The Hall–Kier alpha value is -3.16. The Morgan fingerprint density at radius 1 is 1.07 bits per heavy atom. The van der Waals surface area contributed by atoms with Gasteiger partial charge >= 0.3 is 11.9 Å². The number of phenols is 1. The van der Waals surface area contributed by atoms with Crippen molar-refractivity contribution in [2.45, 2.75) is 39.3 Å². The Bertz CT molecular complexity index is 848. The Labute approximate surface area is 156 Å². The molecule has 1 aromatic carbocycles. The van der Waals surface area contributed by atoms with E-state index in [-0.39, 0.29) is 12.3 Å². The SMILES string of the molecule is CCC(CC)C(=O)N(Cc1ccc(O)c2ncccc12)C(C(=O)O)C(=O)O. The average molecular weight is 374 g/mol. The van der Waals surface area contributed by atoms with Crippen LogP contribution in [0.2, 0.25) is 0 Å². The molecule has 144 valence electrons. The van der Waals surface area contributed by atoms with Crippen LogP contribution in [0.5, 0.6) is 5.75 Å². The summed E-state index contributed by atoms with van der Waals surface area (Å²) in [6.07, 6.45) is 2.43. The van der Waals surface area contributed by atoms with E-state index in [9.17, 15) is 29.7 Å². The number of rotatable bonds is 8. The summed E-state index contributed by atoms with van der Waals surface area (Å²) in [5.41, 5.74) is 0.801. The molecule has 1 heterocycles. The first-order valence-corrected chi connectivity index (χ1v) is 8.63. The number of phenolic OH excluding ortho intramolecular Hbond substituents is 1. The van der Waals surface area contributed by atoms with E-state index >= 15 is 0 Å². The summed E-state index contributed by atoms with van der Waals surface area (Å²) in [4.78, 5) is 41.0. The normalized spacial score (nSPS) is 11.1. The number of carbonyl (C=O) groups excluding carboxylic acids is 1. The van der Waals surface area contributed by atoms with Crippen LogP contribution in [0.3, 0.4) is 0 Å². The molecule has 0 aliphatic rings. The summed E-state index contributed by atoms with van der Waals surface area (Å²) < 4.78 is 0. The van der Waals surface area contributed by atoms with Crippen LogP contribution in [0.15, 0.2) is 30.5 Å². The number of amides is 1. The van der Waals surface area contributed by atoms with Crippen LogP contribution in [0.25, 0.3) is 10.9 Å². The molecule has 3 N–H and O–H groups in total. The van der Waals surface area contributed by atoms with Gasteiger partial charge in [0.25, 0.3) is 0 Å². The molecule has 8 heteroatoms. The smallest absolute Gasteiger partial charge is 0.338 e. The molecule has 0 spiro atoms. The lowest BCUT2D eigenvalue weighted by Crippen LogP contribution is -2.51. The van der Waals surface area contributed by atoms with Crippen LogP contribution in [0.1, 0.15) is 32.3 Å². The number of carboxylic acid groups (broad SMARTS) is 2. The third-order valence-corrected chi connectivity index (χ3v) is 4.58. The third kappa shape index (κ3) is 4.16. The first-order valence-electron chi connectivity index (χ1n) is 8.63.